The molecule has 0 radical (unpaired) electrons. The second kappa shape index (κ2) is 9.11. The first-order valence-corrected chi connectivity index (χ1v) is 12.5. The fourth-order valence-electron chi connectivity index (χ4n) is 4.73. The van der Waals surface area contributed by atoms with Crippen LogP contribution in [0.1, 0.15) is 33.3 Å². The molecule has 2 aromatic heterocycles. The van der Waals surface area contributed by atoms with Gasteiger partial charge in [-0.05, 0) is 64.0 Å². The Morgan fingerprint density at radius 3 is 2.67 bits per heavy atom. The number of rotatable bonds is 4. The molecule has 1 aromatic carbocycles. The summed E-state index contributed by atoms with van der Waals surface area (Å²) >= 11 is 4.92. The Kier molecular flexibility index (Phi) is 6.03. The van der Waals surface area contributed by atoms with Crippen LogP contribution in [0.3, 0.4) is 0 Å². The van der Waals surface area contributed by atoms with Crippen molar-refractivity contribution in [2.24, 2.45) is 5.92 Å². The number of hydrogen-bond acceptors (Lipinski definition) is 4. The van der Waals surface area contributed by atoms with Crippen molar-refractivity contribution in [1.82, 2.24) is 14.8 Å². The molecule has 2 aliphatic heterocycles. The molecule has 0 aliphatic carbocycles. The minimum atomic E-state index is -0.340. The van der Waals surface area contributed by atoms with Crippen molar-refractivity contribution in [1.29, 1.82) is 0 Å². The van der Waals surface area contributed by atoms with Crippen LogP contribution in [0.25, 0.3) is 6.08 Å². The molecule has 0 spiro atoms. The molecule has 2 aliphatic rings. The molecule has 2 atom stereocenters. The number of fused-ring (bicyclic) bond motifs is 4. The van der Waals surface area contributed by atoms with E-state index in [1.165, 1.54) is 11.3 Å². The average molecular weight is 524 g/mol. The second-order valence-electron chi connectivity index (χ2n) is 8.42. The zero-order valence-electron chi connectivity index (χ0n) is 17.7. The number of carbonyl (C=O) groups is 2. The smallest absolute Gasteiger partial charge is 0.270 e. The monoisotopic (exact) mass is 523 g/mol. The molecule has 8 heteroatoms. The number of hydrogen-bond donors (Lipinski definition) is 1. The molecule has 1 fully saturated rings. The van der Waals surface area contributed by atoms with Crippen LogP contribution in [0.15, 0.2) is 74.9 Å². The number of benzene rings is 1. The largest absolute Gasteiger partial charge is 0.336 e. The van der Waals surface area contributed by atoms with E-state index in [0.717, 1.165) is 17.0 Å². The molecule has 1 saturated heterocycles. The van der Waals surface area contributed by atoms with E-state index in [4.69, 9.17) is 0 Å². The standard InChI is InChI=1S/C25H22BrN3O3S/c26-20-7-2-1-6-19(20)24(31)27-21(12-18-5-4-10-33-18)25(32)28-13-16-11-17(15-28)22-8-3-9-23(30)29(22)14-16/h1-10,12,16-17H,11,13-15H2,(H,27,31)/b21-12-/t16-,17-/m0/s1. The van der Waals surface area contributed by atoms with Gasteiger partial charge in [0.1, 0.15) is 5.70 Å². The zero-order chi connectivity index (χ0) is 22.9. The Bertz CT molecular complexity index is 1300. The predicted octanol–water partition coefficient (Wildman–Crippen LogP) is 4.09. The van der Waals surface area contributed by atoms with Crippen molar-refractivity contribution >= 4 is 45.2 Å². The van der Waals surface area contributed by atoms with Gasteiger partial charge in [0.2, 0.25) is 0 Å². The highest BCUT2D eigenvalue weighted by Crippen LogP contribution is 2.35. The lowest BCUT2D eigenvalue weighted by molar-refractivity contribution is -0.130. The molecule has 3 aromatic rings. The summed E-state index contributed by atoms with van der Waals surface area (Å²) in [6, 6.07) is 16.3. The SMILES string of the molecule is O=C(N/C(=C\c1cccs1)C(=O)N1C[C@@H]2C[C@@H](C1)c1cccc(=O)n1C2)c1ccccc1Br. The van der Waals surface area contributed by atoms with Crippen LogP contribution in [-0.2, 0) is 11.3 Å². The minimum absolute atomic E-state index is 0.0148. The van der Waals surface area contributed by atoms with Crippen molar-refractivity contribution in [3.05, 3.63) is 96.6 Å². The topological polar surface area (TPSA) is 71.4 Å². The van der Waals surface area contributed by atoms with Gasteiger partial charge in [0.15, 0.2) is 0 Å². The van der Waals surface area contributed by atoms with E-state index in [1.54, 1.807) is 36.4 Å². The van der Waals surface area contributed by atoms with E-state index in [2.05, 4.69) is 21.2 Å². The maximum Gasteiger partial charge on any atom is 0.270 e. The van der Waals surface area contributed by atoms with E-state index in [0.29, 0.717) is 29.7 Å². The first-order chi connectivity index (χ1) is 16.0. The van der Waals surface area contributed by atoms with Crippen LogP contribution in [0.2, 0.25) is 0 Å². The summed E-state index contributed by atoms with van der Waals surface area (Å²) in [6.07, 6.45) is 2.70. The highest BCUT2D eigenvalue weighted by atomic mass is 79.9. The van der Waals surface area contributed by atoms with Gasteiger partial charge in [-0.3, -0.25) is 14.4 Å². The molecular formula is C25H22BrN3O3S. The van der Waals surface area contributed by atoms with Gasteiger partial charge in [-0.1, -0.05) is 24.3 Å². The third-order valence-electron chi connectivity index (χ3n) is 6.19. The van der Waals surface area contributed by atoms with Gasteiger partial charge in [-0.25, -0.2) is 0 Å². The zero-order valence-corrected chi connectivity index (χ0v) is 20.1. The molecule has 4 heterocycles. The maximum atomic E-state index is 13.7. The summed E-state index contributed by atoms with van der Waals surface area (Å²) in [5.41, 5.74) is 1.72. The molecule has 0 unspecified atom stereocenters. The summed E-state index contributed by atoms with van der Waals surface area (Å²) < 4.78 is 2.51. The van der Waals surface area contributed by atoms with Crippen LogP contribution in [0.4, 0.5) is 0 Å². The Hall–Kier alpha value is -2.97. The Morgan fingerprint density at radius 2 is 1.88 bits per heavy atom. The van der Waals surface area contributed by atoms with E-state index >= 15 is 0 Å². The van der Waals surface area contributed by atoms with Gasteiger partial charge in [0.05, 0.1) is 5.56 Å². The van der Waals surface area contributed by atoms with Gasteiger partial charge in [-0.15, -0.1) is 11.3 Å². The third kappa shape index (κ3) is 4.45. The predicted molar refractivity (Wildman–Crippen MR) is 132 cm³/mol. The minimum Gasteiger partial charge on any atom is -0.336 e. The van der Waals surface area contributed by atoms with Crippen molar-refractivity contribution in [2.75, 3.05) is 13.1 Å². The van der Waals surface area contributed by atoms with E-state index < -0.39 is 0 Å². The lowest BCUT2D eigenvalue weighted by atomic mass is 9.83. The number of nitrogens with one attached hydrogen (secondary N) is 1. The quantitative estimate of drug-likeness (QED) is 0.523. The van der Waals surface area contributed by atoms with Crippen LogP contribution in [0.5, 0.6) is 0 Å². The number of pyridine rings is 1. The average Bonchev–Trinajstić information content (AvgIpc) is 3.32. The molecule has 33 heavy (non-hydrogen) atoms. The molecule has 2 amide bonds. The summed E-state index contributed by atoms with van der Waals surface area (Å²) in [5, 5.41) is 4.79. The number of aromatic nitrogens is 1. The first kappa shape index (κ1) is 21.9. The number of likely N-dealkylation sites (tertiary alicyclic amines) is 1. The second-order valence-corrected chi connectivity index (χ2v) is 10.2. The molecule has 1 N–H and O–H groups in total. The van der Waals surface area contributed by atoms with Crippen LogP contribution >= 0.6 is 27.3 Å². The highest BCUT2D eigenvalue weighted by molar-refractivity contribution is 9.10. The van der Waals surface area contributed by atoms with Crippen molar-refractivity contribution < 1.29 is 9.59 Å². The lowest BCUT2D eigenvalue weighted by Gasteiger charge is -2.43. The Morgan fingerprint density at radius 1 is 1.03 bits per heavy atom. The molecule has 6 nitrogen and oxygen atoms in total. The van der Waals surface area contributed by atoms with E-state index in [9.17, 15) is 14.4 Å². The summed E-state index contributed by atoms with van der Waals surface area (Å²) in [6.45, 7) is 1.69. The van der Waals surface area contributed by atoms with Crippen molar-refractivity contribution in [3.63, 3.8) is 0 Å². The number of halogens is 1. The van der Waals surface area contributed by atoms with Gasteiger partial charge in [0, 0.05) is 46.7 Å². The van der Waals surface area contributed by atoms with Gasteiger partial charge >= 0.3 is 0 Å². The normalized spacial score (nSPS) is 19.7. The molecule has 168 valence electrons. The number of thiophene rings is 1. The van der Waals surface area contributed by atoms with Gasteiger partial charge < -0.3 is 14.8 Å². The Labute approximate surface area is 203 Å². The fourth-order valence-corrected chi connectivity index (χ4v) is 5.86. The Balaban J connectivity index is 1.43. The number of carbonyl (C=O) groups excluding carboxylic acids is 2. The maximum absolute atomic E-state index is 13.7. The fraction of sp³-hybridized carbons (Fsp3) is 0.240. The summed E-state index contributed by atoms with van der Waals surface area (Å²) in [7, 11) is 0. The number of amides is 2. The van der Waals surface area contributed by atoms with E-state index in [-0.39, 0.29) is 34.9 Å². The first-order valence-electron chi connectivity index (χ1n) is 10.8. The van der Waals surface area contributed by atoms with E-state index in [1.807, 2.05) is 39.1 Å². The van der Waals surface area contributed by atoms with Crippen molar-refractivity contribution in [2.45, 2.75) is 18.9 Å². The molecule has 5 rings (SSSR count). The molecule has 2 bridgehead atoms. The summed E-state index contributed by atoms with van der Waals surface area (Å²) in [5.74, 6) is -0.225. The molecular weight excluding hydrogens is 502 g/mol. The number of nitrogens with zero attached hydrogens (tertiary/aromatic N) is 2. The highest BCUT2D eigenvalue weighted by Gasteiger charge is 2.37. The van der Waals surface area contributed by atoms with Crippen molar-refractivity contribution in [3.8, 4) is 0 Å². The summed E-state index contributed by atoms with van der Waals surface area (Å²) in [4.78, 5) is 41.7. The van der Waals surface area contributed by atoms with Gasteiger partial charge in [-0.2, -0.15) is 0 Å². The third-order valence-corrected chi connectivity index (χ3v) is 7.70. The van der Waals surface area contributed by atoms with Gasteiger partial charge in [0.25, 0.3) is 17.4 Å². The van der Waals surface area contributed by atoms with Crippen LogP contribution in [-0.4, -0.2) is 34.4 Å². The van der Waals surface area contributed by atoms with Crippen LogP contribution in [0, 0.1) is 5.92 Å². The number of piperidine rings is 1. The molecule has 0 saturated carbocycles. The van der Waals surface area contributed by atoms with Crippen LogP contribution < -0.4 is 10.9 Å². The lowest BCUT2D eigenvalue weighted by Crippen LogP contribution is -2.50.